The molecule has 0 radical (unpaired) electrons. The van der Waals surface area contributed by atoms with Crippen molar-refractivity contribution in [3.8, 4) is 23.1 Å². The van der Waals surface area contributed by atoms with Crippen molar-refractivity contribution in [2.75, 3.05) is 0 Å². The van der Waals surface area contributed by atoms with Crippen LogP contribution in [-0.4, -0.2) is 18.9 Å². The molecule has 0 saturated heterocycles. The molecule has 4 heterocycles. The van der Waals surface area contributed by atoms with Crippen LogP contribution in [0, 0.1) is 11.3 Å². The number of rotatable bonds is 2. The predicted molar refractivity (Wildman–Crippen MR) is 196 cm³/mol. The van der Waals surface area contributed by atoms with Crippen LogP contribution in [0.4, 0.5) is 0 Å². The number of fused-ring (bicyclic) bond motifs is 13. The van der Waals surface area contributed by atoms with Crippen molar-refractivity contribution < 1.29 is 0 Å². The second-order valence-electron chi connectivity index (χ2n) is 12.5. The van der Waals surface area contributed by atoms with Crippen LogP contribution < -0.4 is 0 Å². The zero-order valence-corrected chi connectivity index (χ0v) is 25.5. The maximum absolute atomic E-state index is 9.81. The summed E-state index contributed by atoms with van der Waals surface area (Å²) in [7, 11) is 0. The number of hydrogen-bond acceptors (Lipinski definition) is 3. The molecule has 7 aromatic carbocycles. The second kappa shape index (κ2) is 9.16. The molecule has 0 aliphatic heterocycles. The number of para-hydroxylation sites is 4. The molecule has 5 nitrogen and oxygen atoms in total. The Hall–Kier alpha value is -6.77. The van der Waals surface area contributed by atoms with Gasteiger partial charge in [0.15, 0.2) is 5.82 Å². The fourth-order valence-corrected chi connectivity index (χ4v) is 8.08. The largest absolute Gasteiger partial charge is 0.308 e. The lowest BCUT2D eigenvalue weighted by Gasteiger charge is -2.14. The number of benzene rings is 7. The Morgan fingerprint density at radius 2 is 1.21 bits per heavy atom. The quantitative estimate of drug-likeness (QED) is 0.196. The highest BCUT2D eigenvalue weighted by Crippen LogP contribution is 2.48. The van der Waals surface area contributed by atoms with E-state index in [4.69, 9.17) is 9.97 Å². The van der Waals surface area contributed by atoms with Gasteiger partial charge >= 0.3 is 0 Å². The van der Waals surface area contributed by atoms with E-state index in [9.17, 15) is 5.26 Å². The molecule has 0 aliphatic carbocycles. The van der Waals surface area contributed by atoms with Gasteiger partial charge in [-0.15, -0.1) is 0 Å². The van der Waals surface area contributed by atoms with Crippen molar-refractivity contribution in [3.63, 3.8) is 0 Å². The Morgan fingerprint density at radius 3 is 2.06 bits per heavy atom. The summed E-state index contributed by atoms with van der Waals surface area (Å²) in [6.07, 6.45) is 0. The van der Waals surface area contributed by atoms with Crippen LogP contribution >= 0.6 is 0 Å². The number of nitrogens with zero attached hydrogens (tertiary/aromatic N) is 5. The molecule has 0 bridgehead atoms. The summed E-state index contributed by atoms with van der Waals surface area (Å²) >= 11 is 0. The predicted octanol–water partition coefficient (Wildman–Crippen LogP) is 10.6. The minimum absolute atomic E-state index is 0.585. The van der Waals surface area contributed by atoms with E-state index in [1.807, 2.05) is 48.5 Å². The van der Waals surface area contributed by atoms with E-state index in [1.54, 1.807) is 0 Å². The molecule has 0 unspecified atom stereocenters. The van der Waals surface area contributed by atoms with Gasteiger partial charge in [0.05, 0.1) is 50.2 Å². The van der Waals surface area contributed by atoms with Gasteiger partial charge in [-0.05, 0) is 59.3 Å². The van der Waals surface area contributed by atoms with Crippen LogP contribution in [0.1, 0.15) is 5.56 Å². The number of nitriles is 1. The first-order valence-electron chi connectivity index (χ1n) is 16.1. The third-order valence-electron chi connectivity index (χ3n) is 10.0. The van der Waals surface area contributed by atoms with Gasteiger partial charge in [-0.3, -0.25) is 4.57 Å². The Bertz CT molecular complexity index is 3190. The number of aromatic nitrogens is 4. The standard InChI is InChI=1S/C43H23N5/c44-24-25-10-9-12-27(22-25)41-43(46-33-17-6-5-16-32(33)45-41)48-35-19-8-4-15-30(35)39-37(48)23-31-29-14-3-7-18-34(29)47-36-21-20-26-11-1-2-13-28(26)38(36)40(39)42(31)47/h1-23H. The van der Waals surface area contributed by atoms with Crippen molar-refractivity contribution in [3.05, 3.63) is 145 Å². The SMILES string of the molecule is N#Cc1cccc(-c2nc3ccccc3nc2-n2c3ccccc3c3c4c5c6ccccc6ccc5n5c6ccccc6c(cc32)c45)c1. The van der Waals surface area contributed by atoms with Gasteiger partial charge in [0.1, 0.15) is 5.69 Å². The van der Waals surface area contributed by atoms with E-state index in [-0.39, 0.29) is 0 Å². The summed E-state index contributed by atoms with van der Waals surface area (Å²) in [5.41, 5.74) is 9.58. The molecule has 48 heavy (non-hydrogen) atoms. The Balaban J connectivity index is 1.42. The molecule has 0 atom stereocenters. The highest BCUT2D eigenvalue weighted by Gasteiger charge is 2.26. The Kier molecular flexibility index (Phi) is 4.85. The van der Waals surface area contributed by atoms with Crippen LogP contribution in [0.15, 0.2) is 140 Å². The van der Waals surface area contributed by atoms with Crippen LogP contribution in [0.5, 0.6) is 0 Å². The van der Waals surface area contributed by atoms with Gasteiger partial charge in [0.25, 0.3) is 0 Å². The third kappa shape index (κ3) is 3.18. The van der Waals surface area contributed by atoms with E-state index < -0.39 is 0 Å². The normalized spacial score (nSPS) is 12.1. The summed E-state index contributed by atoms with van der Waals surface area (Å²) in [6, 6.07) is 50.9. The highest BCUT2D eigenvalue weighted by atomic mass is 15.1. The van der Waals surface area contributed by atoms with Crippen LogP contribution in [-0.2, 0) is 0 Å². The van der Waals surface area contributed by atoms with E-state index in [0.717, 1.165) is 44.5 Å². The van der Waals surface area contributed by atoms with Crippen LogP contribution in [0.3, 0.4) is 0 Å². The van der Waals surface area contributed by atoms with E-state index >= 15 is 0 Å². The molecule has 11 aromatic rings. The summed E-state index contributed by atoms with van der Waals surface area (Å²) in [5.74, 6) is 0.737. The molecule has 0 spiro atoms. The lowest BCUT2D eigenvalue weighted by atomic mass is 9.98. The van der Waals surface area contributed by atoms with Crippen LogP contribution in [0.2, 0.25) is 0 Å². The van der Waals surface area contributed by atoms with Gasteiger partial charge in [-0.25, -0.2) is 9.97 Å². The van der Waals surface area contributed by atoms with Crippen molar-refractivity contribution >= 4 is 81.7 Å². The lowest BCUT2D eigenvalue weighted by molar-refractivity contribution is 1.08. The Morgan fingerprint density at radius 1 is 0.500 bits per heavy atom. The average molecular weight is 610 g/mol. The molecule has 4 aromatic heterocycles. The maximum atomic E-state index is 9.81. The molecule has 11 rings (SSSR count). The summed E-state index contributed by atoms with van der Waals surface area (Å²) in [6.45, 7) is 0. The first kappa shape index (κ1) is 25.4. The van der Waals surface area contributed by atoms with Crippen molar-refractivity contribution in [1.29, 1.82) is 5.26 Å². The van der Waals surface area contributed by atoms with Crippen molar-refractivity contribution in [2.45, 2.75) is 0 Å². The summed E-state index contributed by atoms with van der Waals surface area (Å²) in [4.78, 5) is 10.6. The average Bonchev–Trinajstić information content (AvgIpc) is 3.79. The number of hydrogen-bond donors (Lipinski definition) is 0. The minimum Gasteiger partial charge on any atom is -0.308 e. The van der Waals surface area contributed by atoms with Gasteiger partial charge in [-0.1, -0.05) is 91.0 Å². The molecular formula is C43H23N5. The maximum Gasteiger partial charge on any atom is 0.165 e. The van der Waals surface area contributed by atoms with Crippen molar-refractivity contribution in [1.82, 2.24) is 18.9 Å². The molecular weight excluding hydrogens is 587 g/mol. The molecule has 0 fully saturated rings. The van der Waals surface area contributed by atoms with Gasteiger partial charge in [-0.2, -0.15) is 5.26 Å². The lowest BCUT2D eigenvalue weighted by Crippen LogP contribution is -2.03. The first-order chi connectivity index (χ1) is 23.8. The summed E-state index contributed by atoms with van der Waals surface area (Å²) in [5, 5.41) is 19.6. The molecule has 0 N–H and O–H groups in total. The topological polar surface area (TPSA) is 58.9 Å². The molecule has 0 aliphatic rings. The summed E-state index contributed by atoms with van der Waals surface area (Å²) < 4.78 is 4.76. The molecule has 220 valence electrons. The third-order valence-corrected chi connectivity index (χ3v) is 10.0. The van der Waals surface area contributed by atoms with E-state index in [0.29, 0.717) is 5.56 Å². The molecule has 0 amide bonds. The fraction of sp³-hybridized carbons (Fsp3) is 0. The van der Waals surface area contributed by atoms with Crippen LogP contribution in [0.25, 0.3) is 98.8 Å². The van der Waals surface area contributed by atoms with E-state index in [2.05, 4.69) is 106 Å². The first-order valence-corrected chi connectivity index (χ1v) is 16.1. The fourth-order valence-electron chi connectivity index (χ4n) is 8.08. The zero-order valence-electron chi connectivity index (χ0n) is 25.5. The van der Waals surface area contributed by atoms with E-state index in [1.165, 1.54) is 54.3 Å². The monoisotopic (exact) mass is 609 g/mol. The zero-order chi connectivity index (χ0) is 31.5. The van der Waals surface area contributed by atoms with Gasteiger partial charge < -0.3 is 4.40 Å². The smallest absolute Gasteiger partial charge is 0.165 e. The van der Waals surface area contributed by atoms with Crippen molar-refractivity contribution in [2.24, 2.45) is 0 Å². The molecule has 0 saturated carbocycles. The Labute approximate surface area is 273 Å². The minimum atomic E-state index is 0.585. The highest BCUT2D eigenvalue weighted by molar-refractivity contribution is 6.38. The van der Waals surface area contributed by atoms with Gasteiger partial charge in [0, 0.05) is 37.9 Å². The second-order valence-corrected chi connectivity index (χ2v) is 12.5. The molecule has 5 heteroatoms. The van der Waals surface area contributed by atoms with Gasteiger partial charge in [0.2, 0.25) is 0 Å².